The van der Waals surface area contributed by atoms with Gasteiger partial charge in [-0.2, -0.15) is 11.3 Å². The summed E-state index contributed by atoms with van der Waals surface area (Å²) in [6.07, 6.45) is 0.184. The van der Waals surface area contributed by atoms with Gasteiger partial charge >= 0.3 is 5.97 Å². The van der Waals surface area contributed by atoms with E-state index in [1.54, 1.807) is 11.3 Å². The topological polar surface area (TPSA) is 66.4 Å². The van der Waals surface area contributed by atoms with Gasteiger partial charge in [0.25, 0.3) is 0 Å². The number of aliphatic carboxylic acids is 1. The number of nitrogens with one attached hydrogen (secondary N) is 1. The van der Waals surface area contributed by atoms with Gasteiger partial charge in [-0.1, -0.05) is 6.07 Å². The summed E-state index contributed by atoms with van der Waals surface area (Å²) in [5.41, 5.74) is 1.06. The average Bonchev–Trinajstić information content (AvgIpc) is 3.08. The van der Waals surface area contributed by atoms with Crippen LogP contribution in [0.5, 0.6) is 0 Å². The molecule has 2 N–H and O–H groups in total. The minimum Gasteiger partial charge on any atom is -0.481 e. The van der Waals surface area contributed by atoms with E-state index in [1.165, 1.54) is 11.3 Å². The standard InChI is InChI=1S/C14H15NO3S2/c16-13(15-8-10-3-5-19-9-10)6-11(7-14(17)18)12-2-1-4-20-12/h1-5,9,11H,6-8H2,(H,15,16)(H,17,18)/t11-/m1/s1. The largest absolute Gasteiger partial charge is 0.481 e. The molecule has 0 aliphatic rings. The molecule has 1 atom stereocenters. The van der Waals surface area contributed by atoms with Crippen LogP contribution in [0.2, 0.25) is 0 Å². The first kappa shape index (κ1) is 14.7. The van der Waals surface area contributed by atoms with Crippen LogP contribution in [-0.2, 0) is 16.1 Å². The van der Waals surface area contributed by atoms with Crippen LogP contribution in [0.3, 0.4) is 0 Å². The van der Waals surface area contributed by atoms with E-state index in [4.69, 9.17) is 5.11 Å². The van der Waals surface area contributed by atoms with E-state index in [2.05, 4.69) is 5.32 Å². The molecule has 0 unspecified atom stereocenters. The molecule has 0 aliphatic carbocycles. The zero-order chi connectivity index (χ0) is 14.4. The van der Waals surface area contributed by atoms with Gasteiger partial charge in [0.05, 0.1) is 6.42 Å². The van der Waals surface area contributed by atoms with E-state index in [0.717, 1.165) is 10.4 Å². The Kier molecular flexibility index (Phi) is 5.31. The summed E-state index contributed by atoms with van der Waals surface area (Å²) >= 11 is 3.07. The van der Waals surface area contributed by atoms with Gasteiger partial charge in [0.15, 0.2) is 0 Å². The van der Waals surface area contributed by atoms with E-state index < -0.39 is 5.97 Å². The summed E-state index contributed by atoms with van der Waals surface area (Å²) in [4.78, 5) is 23.8. The molecule has 2 aromatic heterocycles. The third-order valence-electron chi connectivity index (χ3n) is 2.87. The van der Waals surface area contributed by atoms with Crippen molar-refractivity contribution in [3.8, 4) is 0 Å². The van der Waals surface area contributed by atoms with Gasteiger partial charge in [-0.15, -0.1) is 11.3 Å². The fourth-order valence-electron chi connectivity index (χ4n) is 1.90. The van der Waals surface area contributed by atoms with Crippen molar-refractivity contribution in [2.45, 2.75) is 25.3 Å². The van der Waals surface area contributed by atoms with Gasteiger partial charge < -0.3 is 10.4 Å². The second-order valence-electron chi connectivity index (χ2n) is 4.42. The first-order chi connectivity index (χ1) is 9.65. The summed E-state index contributed by atoms with van der Waals surface area (Å²) in [5.74, 6) is -1.25. The maximum atomic E-state index is 11.9. The van der Waals surface area contributed by atoms with E-state index >= 15 is 0 Å². The molecule has 0 saturated carbocycles. The Morgan fingerprint density at radius 2 is 2.10 bits per heavy atom. The second-order valence-corrected chi connectivity index (χ2v) is 6.18. The molecule has 0 fully saturated rings. The van der Waals surface area contributed by atoms with Crippen molar-refractivity contribution in [1.29, 1.82) is 0 Å². The monoisotopic (exact) mass is 309 g/mol. The lowest BCUT2D eigenvalue weighted by Crippen LogP contribution is -2.25. The van der Waals surface area contributed by atoms with Gasteiger partial charge in [0, 0.05) is 23.8 Å². The van der Waals surface area contributed by atoms with Crippen molar-refractivity contribution in [2.24, 2.45) is 0 Å². The lowest BCUT2D eigenvalue weighted by molar-refractivity contribution is -0.137. The molecule has 2 heterocycles. The lowest BCUT2D eigenvalue weighted by atomic mass is 9.99. The maximum Gasteiger partial charge on any atom is 0.304 e. The minimum absolute atomic E-state index is 0.0214. The summed E-state index contributed by atoms with van der Waals surface area (Å²) < 4.78 is 0. The number of carbonyl (C=O) groups excluding carboxylic acids is 1. The molecule has 6 heteroatoms. The third kappa shape index (κ3) is 4.47. The number of carbonyl (C=O) groups is 2. The molecule has 0 bridgehead atoms. The molecule has 4 nitrogen and oxygen atoms in total. The zero-order valence-corrected chi connectivity index (χ0v) is 12.4. The summed E-state index contributed by atoms with van der Waals surface area (Å²) in [6.45, 7) is 0.493. The quantitative estimate of drug-likeness (QED) is 0.826. The van der Waals surface area contributed by atoms with Gasteiger partial charge in [0.2, 0.25) is 5.91 Å². The van der Waals surface area contributed by atoms with Gasteiger partial charge in [-0.05, 0) is 33.8 Å². The lowest BCUT2D eigenvalue weighted by Gasteiger charge is -2.13. The molecular formula is C14H15NO3S2. The summed E-state index contributed by atoms with van der Waals surface area (Å²) in [5, 5.41) is 17.6. The highest BCUT2D eigenvalue weighted by Crippen LogP contribution is 2.27. The molecule has 0 saturated heterocycles. The van der Waals surface area contributed by atoms with E-state index in [0.29, 0.717) is 6.54 Å². The molecule has 0 aromatic carbocycles. The molecule has 1 amide bonds. The highest BCUT2D eigenvalue weighted by Gasteiger charge is 2.20. The van der Waals surface area contributed by atoms with Crippen LogP contribution < -0.4 is 5.32 Å². The normalized spacial score (nSPS) is 12.0. The number of hydrogen-bond acceptors (Lipinski definition) is 4. The van der Waals surface area contributed by atoms with Crippen LogP contribution in [0.25, 0.3) is 0 Å². The summed E-state index contributed by atoms with van der Waals surface area (Å²) in [6, 6.07) is 5.71. The Morgan fingerprint density at radius 3 is 2.70 bits per heavy atom. The smallest absolute Gasteiger partial charge is 0.304 e. The van der Waals surface area contributed by atoms with Crippen LogP contribution in [0.15, 0.2) is 34.3 Å². The van der Waals surface area contributed by atoms with Crippen LogP contribution in [-0.4, -0.2) is 17.0 Å². The Balaban J connectivity index is 1.90. The Hall–Kier alpha value is -1.66. The molecule has 0 aliphatic heterocycles. The molecule has 2 rings (SSSR count). The first-order valence-corrected chi connectivity index (χ1v) is 8.00. The van der Waals surface area contributed by atoms with Gasteiger partial charge in [-0.25, -0.2) is 0 Å². The van der Waals surface area contributed by atoms with Gasteiger partial charge in [0.1, 0.15) is 0 Å². The van der Waals surface area contributed by atoms with Crippen molar-refractivity contribution in [2.75, 3.05) is 0 Å². The molecule has 0 spiro atoms. The van der Waals surface area contributed by atoms with E-state index in [1.807, 2.05) is 34.3 Å². The third-order valence-corrected chi connectivity index (χ3v) is 4.63. The van der Waals surface area contributed by atoms with Crippen molar-refractivity contribution in [3.63, 3.8) is 0 Å². The van der Waals surface area contributed by atoms with Crippen molar-refractivity contribution in [1.82, 2.24) is 5.32 Å². The highest BCUT2D eigenvalue weighted by molar-refractivity contribution is 7.10. The van der Waals surface area contributed by atoms with Crippen LogP contribution in [0.1, 0.15) is 29.2 Å². The zero-order valence-electron chi connectivity index (χ0n) is 10.7. The SMILES string of the molecule is O=C(O)C[C@@H](CC(=O)NCc1ccsc1)c1cccs1. The van der Waals surface area contributed by atoms with Crippen molar-refractivity contribution >= 4 is 34.6 Å². The van der Waals surface area contributed by atoms with Crippen molar-refractivity contribution in [3.05, 3.63) is 44.8 Å². The summed E-state index contributed by atoms with van der Waals surface area (Å²) in [7, 11) is 0. The van der Waals surface area contributed by atoms with E-state index in [9.17, 15) is 9.59 Å². The molecular weight excluding hydrogens is 294 g/mol. The molecule has 2 aromatic rings. The minimum atomic E-state index is -0.881. The highest BCUT2D eigenvalue weighted by atomic mass is 32.1. The number of carboxylic acid groups (broad SMARTS) is 1. The molecule has 106 valence electrons. The van der Waals surface area contributed by atoms with Crippen LogP contribution in [0.4, 0.5) is 0 Å². The Morgan fingerprint density at radius 1 is 1.25 bits per heavy atom. The van der Waals surface area contributed by atoms with Crippen molar-refractivity contribution < 1.29 is 14.7 Å². The predicted molar refractivity (Wildman–Crippen MR) is 80.1 cm³/mol. The number of amides is 1. The Labute approximate surface area is 125 Å². The fraction of sp³-hybridized carbons (Fsp3) is 0.286. The van der Waals surface area contributed by atoms with Crippen LogP contribution >= 0.6 is 22.7 Å². The second kappa shape index (κ2) is 7.21. The Bertz CT molecular complexity index is 549. The number of carboxylic acids is 1. The average molecular weight is 309 g/mol. The fourth-order valence-corrected chi connectivity index (χ4v) is 3.40. The van der Waals surface area contributed by atoms with Crippen LogP contribution in [0, 0.1) is 0 Å². The van der Waals surface area contributed by atoms with Gasteiger partial charge in [-0.3, -0.25) is 9.59 Å². The van der Waals surface area contributed by atoms with E-state index in [-0.39, 0.29) is 24.7 Å². The maximum absolute atomic E-state index is 11.9. The molecule has 0 radical (unpaired) electrons. The number of rotatable bonds is 7. The number of hydrogen-bond donors (Lipinski definition) is 2. The molecule has 20 heavy (non-hydrogen) atoms. The number of thiophene rings is 2. The first-order valence-electron chi connectivity index (χ1n) is 6.18. The predicted octanol–water partition coefficient (Wildman–Crippen LogP) is 3.07.